The van der Waals surface area contributed by atoms with E-state index >= 15 is 0 Å². The molecule has 0 spiro atoms. The highest BCUT2D eigenvalue weighted by molar-refractivity contribution is 7.80. The monoisotopic (exact) mass is 355 g/mol. The van der Waals surface area contributed by atoms with E-state index in [0.717, 1.165) is 0 Å². The zero-order valence-electron chi connectivity index (χ0n) is 43.1. The third-order valence-corrected chi connectivity index (χ3v) is 1.30. The van der Waals surface area contributed by atoms with Gasteiger partial charge < -0.3 is 0 Å². The number of hydrogen-bond acceptors (Lipinski definition) is 3. The van der Waals surface area contributed by atoms with Crippen molar-refractivity contribution >= 4 is 10.4 Å². The Morgan fingerprint density at radius 2 is 1.19 bits per heavy atom. The maximum atomic E-state index is 11.1. The fourth-order valence-corrected chi connectivity index (χ4v) is 0.621. The maximum Gasteiger partial charge on any atom is 0.397 e. The molecule has 0 saturated carbocycles. The summed E-state index contributed by atoms with van der Waals surface area (Å²) in [7, 11) is -6.07. The van der Waals surface area contributed by atoms with E-state index in [9.17, 15) is 8.42 Å². The summed E-state index contributed by atoms with van der Waals surface area (Å²) in [6.45, 7) is -8.86. The van der Waals surface area contributed by atoms with Crippen molar-refractivity contribution in [2.45, 2.75) is 96.1 Å². The average molecular weight is 356 g/mol. The number of hydrogen-bond donors (Lipinski definition) is 1. The minimum Gasteiger partial charge on any atom is -0.264 e. The summed E-state index contributed by atoms with van der Waals surface area (Å²) in [6, 6.07) is 0. The first kappa shape index (κ1) is 2.95. The van der Waals surface area contributed by atoms with Crippen LogP contribution in [0.25, 0.3) is 0 Å². The molecule has 5 heteroatoms. The second kappa shape index (κ2) is 14.8. The van der Waals surface area contributed by atoms with Gasteiger partial charge in [-0.05, 0) is 6.37 Å². The predicted octanol–water partition coefficient (Wildman–Crippen LogP) is 5.29. The Morgan fingerprint density at radius 3 is 1.57 bits per heavy atom. The van der Waals surface area contributed by atoms with Crippen molar-refractivity contribution < 1.29 is 62.4 Å². The average Bonchev–Trinajstić information content (AvgIpc) is 2.89. The molecule has 0 atom stereocenters. The molecule has 128 valence electrons. The quantitative estimate of drug-likeness (QED) is 0.382. The van der Waals surface area contributed by atoms with Crippen molar-refractivity contribution in [2.24, 2.45) is 0 Å². The van der Waals surface area contributed by atoms with Crippen molar-refractivity contribution in [3.8, 4) is 0 Å². The van der Waals surface area contributed by atoms with Crippen molar-refractivity contribution in [1.82, 2.24) is 0 Å². The Morgan fingerprint density at radius 1 is 0.810 bits per heavy atom. The topological polar surface area (TPSA) is 63.6 Å². The Kier molecular flexibility index (Phi) is 2.08. The summed E-state index contributed by atoms with van der Waals surface area (Å²) < 4.78 is 295. The molecule has 0 aliphatic rings. The first-order chi connectivity index (χ1) is 22.5. The second-order valence-electron chi connectivity index (χ2n) is 2.36. The van der Waals surface area contributed by atoms with Gasteiger partial charge in [0.25, 0.3) is 0 Å². The molecule has 0 aromatic carbocycles. The van der Waals surface area contributed by atoms with Gasteiger partial charge in [0.1, 0.15) is 0 Å². The Bertz CT molecular complexity index is 1500. The van der Waals surface area contributed by atoms with Gasteiger partial charge in [-0.2, -0.15) is 8.42 Å². The zero-order chi connectivity index (χ0) is 45.2. The van der Waals surface area contributed by atoms with Gasteiger partial charge in [-0.3, -0.25) is 4.55 Å². The van der Waals surface area contributed by atoms with Crippen LogP contribution < -0.4 is 0 Å². The molecule has 0 radical (unpaired) electrons. The third-order valence-electron chi connectivity index (χ3n) is 1.01. The van der Waals surface area contributed by atoms with Crippen molar-refractivity contribution in [1.29, 1.82) is 0 Å². The van der Waals surface area contributed by atoms with Crippen molar-refractivity contribution in [3.05, 3.63) is 0 Å². The van der Waals surface area contributed by atoms with Crippen molar-refractivity contribution in [2.75, 3.05) is 6.56 Å². The van der Waals surface area contributed by atoms with Crippen LogP contribution in [0.4, 0.5) is 0 Å². The van der Waals surface area contributed by atoms with E-state index < -0.39 is 113 Å². The summed E-state index contributed by atoms with van der Waals surface area (Å²) in [5.41, 5.74) is 0. The van der Waals surface area contributed by atoms with Gasteiger partial charge in [0.05, 0.1) is 9.30 Å². The van der Waals surface area contributed by atoms with Gasteiger partial charge >= 0.3 is 10.4 Å². The Labute approximate surface area is 178 Å². The summed E-state index contributed by atoms with van der Waals surface area (Å²) in [6.07, 6.45) is -70.4. The molecule has 0 aliphatic heterocycles. The van der Waals surface area contributed by atoms with E-state index in [1.807, 2.05) is 0 Å². The van der Waals surface area contributed by atoms with Gasteiger partial charge in [-0.1, -0.05) is 89.7 Å². The van der Waals surface area contributed by atoms with Crippen LogP contribution in [0.3, 0.4) is 0 Å². The Balaban J connectivity index is 7.76. The zero-order valence-corrected chi connectivity index (χ0v) is 10.9. The molecule has 0 fully saturated rings. The summed E-state index contributed by atoms with van der Waals surface area (Å²) >= 11 is 0. The van der Waals surface area contributed by atoms with Gasteiger partial charge in [0.15, 0.2) is 0 Å². The van der Waals surface area contributed by atoms with E-state index in [0.29, 0.717) is 0 Å². The minimum atomic E-state index is -6.07. The lowest BCUT2D eigenvalue weighted by atomic mass is 10.0. The van der Waals surface area contributed by atoms with Crippen LogP contribution in [0, 0.1) is 0 Å². The fraction of sp³-hybridized carbons (Fsp3) is 1.00. The van der Waals surface area contributed by atoms with Gasteiger partial charge in [-0.25, -0.2) is 4.18 Å². The fourth-order valence-electron chi connectivity index (χ4n) is 0.474. The highest BCUT2D eigenvalue weighted by atomic mass is 32.3. The molecule has 0 rings (SSSR count). The molecule has 0 aromatic rings. The van der Waals surface area contributed by atoms with E-state index in [1.165, 1.54) is 0 Å². The summed E-state index contributed by atoms with van der Waals surface area (Å²) in [4.78, 5) is 0. The van der Waals surface area contributed by atoms with Crippen LogP contribution in [0.2, 0.25) is 0 Å². The van der Waals surface area contributed by atoms with E-state index in [2.05, 4.69) is 4.18 Å². The third kappa shape index (κ3) is 19.9. The lowest BCUT2D eigenvalue weighted by molar-refractivity contribution is 0.261. The molecule has 1 N–H and O–H groups in total. The SMILES string of the molecule is [2H]C([2H])([2H])C([2H])([2H])C([2H])([2H])C([2H])([2H])C([2H])([2H])C([2H])([2H])C([2H])([2H])C([2H])([2H])C([2H])([2H])C([2H])([2H])C([2H])([2H])C([2H])([2H])C([2H])([2H])C([2H])([2H])C([2H])([2H])C([2H])([2H])OS(=O)(=O)O. The standard InChI is InChI=1S/C16H34O4S/c1-2-3-4-5-6-7-8-9-10-11-12-13-14-15-16-20-21(17,18)19/h2-16H2,1H3,(H,17,18,19)/i1D3,2D2,3D2,4D2,5D2,6D2,7D2,8D2,9D2,10D2,11D2,12D2,13D2,14D2,15D2,16D2. The second-order valence-corrected chi connectivity index (χ2v) is 3.39. The van der Waals surface area contributed by atoms with Crippen LogP contribution in [-0.4, -0.2) is 19.5 Å². The highest BCUT2D eigenvalue weighted by Gasteiger charge is 2.02. The van der Waals surface area contributed by atoms with E-state index in [4.69, 9.17) is 49.8 Å². The van der Waals surface area contributed by atoms with Crippen LogP contribution in [0.1, 0.15) is 141 Å². The summed E-state index contributed by atoms with van der Waals surface area (Å²) in [5.74, 6) is 0. The molecule has 0 saturated heterocycles. The maximum absolute atomic E-state index is 11.1. The van der Waals surface area contributed by atoms with Gasteiger partial charge in [0.2, 0.25) is 0 Å². The first-order valence-electron chi connectivity index (χ1n) is 21.1. The van der Waals surface area contributed by atoms with E-state index in [-0.39, 0.29) is 0 Å². The molecule has 21 heavy (non-hydrogen) atoms. The minimum absolute atomic E-state index is 3.39. The first-order valence-corrected chi connectivity index (χ1v) is 6.00. The lowest BCUT2D eigenvalue weighted by Gasteiger charge is -2.03. The van der Waals surface area contributed by atoms with Gasteiger partial charge in [-0.15, -0.1) is 0 Å². The van der Waals surface area contributed by atoms with Crippen LogP contribution in [-0.2, 0) is 14.6 Å². The lowest BCUT2D eigenvalue weighted by Crippen LogP contribution is -2.04. The molecule has 0 bridgehead atoms. The smallest absolute Gasteiger partial charge is 0.264 e. The molecule has 0 aliphatic carbocycles. The molecule has 0 unspecified atom stereocenters. The molecule has 0 amide bonds. The normalized spacial score (nSPS) is 46.0. The predicted molar refractivity (Wildman–Crippen MR) is 87.8 cm³/mol. The highest BCUT2D eigenvalue weighted by Crippen LogP contribution is 2.12. The molecule has 0 aromatic heterocycles. The number of rotatable bonds is 16. The van der Waals surface area contributed by atoms with Crippen LogP contribution >= 0.6 is 0 Å². The van der Waals surface area contributed by atoms with Crippen LogP contribution in [0.5, 0.6) is 0 Å². The van der Waals surface area contributed by atoms with Crippen LogP contribution in [0.15, 0.2) is 0 Å². The molecular formula is C16H34O4S. The molecular weight excluding hydrogens is 288 g/mol. The Hall–Kier alpha value is -0.130. The molecule has 4 nitrogen and oxygen atoms in total. The summed E-state index contributed by atoms with van der Waals surface area (Å²) in [5, 5.41) is 0. The van der Waals surface area contributed by atoms with E-state index in [1.54, 1.807) is 0 Å². The van der Waals surface area contributed by atoms with Crippen molar-refractivity contribution in [3.63, 3.8) is 0 Å². The largest absolute Gasteiger partial charge is 0.397 e. The van der Waals surface area contributed by atoms with Gasteiger partial charge in [0, 0.05) is 42.5 Å². The molecule has 0 heterocycles.